The predicted octanol–water partition coefficient (Wildman–Crippen LogP) is 4.12. The van der Waals surface area contributed by atoms with Crippen molar-refractivity contribution in [1.29, 1.82) is 0 Å². The van der Waals surface area contributed by atoms with E-state index in [2.05, 4.69) is 9.72 Å². The number of ether oxygens (including phenoxy) is 2. The summed E-state index contributed by atoms with van der Waals surface area (Å²) in [6.45, 7) is 0. The largest absolute Gasteiger partial charge is 0.466 e. The molecule has 0 bridgehead atoms. The maximum atomic E-state index is 11.4. The Morgan fingerprint density at radius 3 is 2.81 bits per heavy atom. The first-order chi connectivity index (χ1) is 12.6. The zero-order chi connectivity index (χ0) is 18.5. The van der Waals surface area contributed by atoms with Gasteiger partial charge < -0.3 is 9.47 Å². The molecule has 3 rings (SSSR count). The number of nitro groups is 1. The van der Waals surface area contributed by atoms with Crippen LogP contribution >= 0.6 is 0 Å². The fourth-order valence-corrected chi connectivity index (χ4v) is 2.34. The smallest absolute Gasteiger partial charge is 0.330 e. The van der Waals surface area contributed by atoms with Crippen molar-refractivity contribution < 1.29 is 19.2 Å². The fourth-order valence-electron chi connectivity index (χ4n) is 2.34. The SMILES string of the molecule is COC(=O)C=Cc1ccc(Oc2ccc3ncccc3c2)c([N+](=O)[O-])c1. The Balaban J connectivity index is 1.91. The highest BCUT2D eigenvalue weighted by atomic mass is 16.6. The minimum Gasteiger partial charge on any atom is -0.466 e. The van der Waals surface area contributed by atoms with Crippen molar-refractivity contribution in [3.8, 4) is 11.5 Å². The second kappa shape index (κ2) is 7.43. The Kier molecular flexibility index (Phi) is 4.89. The minimum atomic E-state index is -0.544. The predicted molar refractivity (Wildman–Crippen MR) is 96.0 cm³/mol. The maximum Gasteiger partial charge on any atom is 0.330 e. The number of nitrogens with zero attached hydrogens (tertiary/aromatic N) is 2. The summed E-state index contributed by atoms with van der Waals surface area (Å²) in [5, 5.41) is 12.2. The van der Waals surface area contributed by atoms with Crippen LogP contribution in [0.15, 0.2) is 60.8 Å². The lowest BCUT2D eigenvalue weighted by Crippen LogP contribution is -1.95. The first kappa shape index (κ1) is 17.1. The molecule has 3 aromatic rings. The third-order valence-corrected chi connectivity index (χ3v) is 3.60. The van der Waals surface area contributed by atoms with Gasteiger partial charge in [0.1, 0.15) is 5.75 Å². The van der Waals surface area contributed by atoms with E-state index >= 15 is 0 Å². The Morgan fingerprint density at radius 1 is 1.19 bits per heavy atom. The Labute approximate surface area is 148 Å². The number of carbonyl (C=O) groups excluding carboxylic acids is 1. The van der Waals surface area contributed by atoms with Crippen LogP contribution in [0.3, 0.4) is 0 Å². The summed E-state index contributed by atoms with van der Waals surface area (Å²) >= 11 is 0. The van der Waals surface area contributed by atoms with Crippen molar-refractivity contribution >= 4 is 28.6 Å². The number of benzene rings is 2. The zero-order valence-electron chi connectivity index (χ0n) is 13.8. The lowest BCUT2D eigenvalue weighted by molar-refractivity contribution is -0.385. The second-order valence-electron chi connectivity index (χ2n) is 5.30. The summed E-state index contributed by atoms with van der Waals surface area (Å²) < 4.78 is 10.2. The number of methoxy groups -OCH3 is 1. The molecule has 0 aliphatic carbocycles. The molecule has 0 amide bonds. The first-order valence-electron chi connectivity index (χ1n) is 7.64. The molecule has 0 saturated heterocycles. The van der Waals surface area contributed by atoms with E-state index in [1.807, 2.05) is 6.07 Å². The highest BCUT2D eigenvalue weighted by molar-refractivity contribution is 5.87. The van der Waals surface area contributed by atoms with Gasteiger partial charge in [-0.05, 0) is 42.0 Å². The van der Waals surface area contributed by atoms with Crippen LogP contribution in [0.5, 0.6) is 11.5 Å². The standard InChI is InChI=1S/C19H14N2O5/c1-25-19(22)9-5-13-4-8-18(17(11-13)21(23)24)26-15-6-7-16-14(12-15)3-2-10-20-16/h2-12H,1H3. The number of carbonyl (C=O) groups is 1. The van der Waals surface area contributed by atoms with E-state index in [1.165, 1.54) is 31.4 Å². The molecule has 0 spiro atoms. The van der Waals surface area contributed by atoms with E-state index in [9.17, 15) is 14.9 Å². The number of hydrogen-bond donors (Lipinski definition) is 0. The van der Waals surface area contributed by atoms with Crippen LogP contribution in [0.25, 0.3) is 17.0 Å². The molecular weight excluding hydrogens is 336 g/mol. The van der Waals surface area contributed by atoms with E-state index in [0.717, 1.165) is 10.9 Å². The fraction of sp³-hybridized carbons (Fsp3) is 0.0526. The molecule has 0 unspecified atom stereocenters. The molecule has 7 nitrogen and oxygen atoms in total. The molecule has 1 aromatic heterocycles. The van der Waals surface area contributed by atoms with Crippen LogP contribution in [0.1, 0.15) is 5.56 Å². The summed E-state index contributed by atoms with van der Waals surface area (Å²) in [6.07, 6.45) is 4.31. The monoisotopic (exact) mass is 350 g/mol. The Bertz CT molecular complexity index is 1010. The minimum absolute atomic E-state index is 0.105. The van der Waals surface area contributed by atoms with Gasteiger partial charge in [0.25, 0.3) is 0 Å². The molecule has 0 aliphatic heterocycles. The lowest BCUT2D eigenvalue weighted by Gasteiger charge is -2.08. The third-order valence-electron chi connectivity index (χ3n) is 3.60. The van der Waals surface area contributed by atoms with Crippen LogP contribution in [0, 0.1) is 10.1 Å². The van der Waals surface area contributed by atoms with Crippen LogP contribution < -0.4 is 4.74 Å². The van der Waals surface area contributed by atoms with Gasteiger partial charge >= 0.3 is 11.7 Å². The molecule has 0 fully saturated rings. The van der Waals surface area contributed by atoms with E-state index < -0.39 is 10.9 Å². The molecule has 0 radical (unpaired) electrons. The molecule has 0 N–H and O–H groups in total. The number of hydrogen-bond acceptors (Lipinski definition) is 6. The molecule has 1 heterocycles. The first-order valence-corrected chi connectivity index (χ1v) is 7.64. The molecule has 0 saturated carbocycles. The molecule has 130 valence electrons. The summed E-state index contributed by atoms with van der Waals surface area (Å²) in [4.78, 5) is 26.2. The van der Waals surface area contributed by atoms with E-state index in [-0.39, 0.29) is 11.4 Å². The number of pyridine rings is 1. The van der Waals surface area contributed by atoms with Crippen molar-refractivity contribution in [2.75, 3.05) is 7.11 Å². The summed E-state index contributed by atoms with van der Waals surface area (Å²) in [5.74, 6) is 0.0256. The number of nitro benzene ring substituents is 1. The van der Waals surface area contributed by atoms with Crippen molar-refractivity contribution in [2.24, 2.45) is 0 Å². The molecule has 2 aromatic carbocycles. The third kappa shape index (κ3) is 3.84. The maximum absolute atomic E-state index is 11.4. The number of aromatic nitrogens is 1. The molecule has 7 heteroatoms. The van der Waals surface area contributed by atoms with Gasteiger partial charge in [-0.15, -0.1) is 0 Å². The number of fused-ring (bicyclic) bond motifs is 1. The molecule has 0 atom stereocenters. The Hall–Kier alpha value is -3.74. The van der Waals surface area contributed by atoms with Crippen LogP contribution in [0.2, 0.25) is 0 Å². The average Bonchev–Trinajstić information content (AvgIpc) is 2.66. The van der Waals surface area contributed by atoms with Gasteiger partial charge in [0, 0.05) is 23.7 Å². The van der Waals surface area contributed by atoms with E-state index in [0.29, 0.717) is 11.3 Å². The van der Waals surface area contributed by atoms with Gasteiger partial charge in [-0.2, -0.15) is 0 Å². The van der Waals surface area contributed by atoms with Gasteiger partial charge in [0.05, 0.1) is 17.5 Å². The molecular formula is C19H14N2O5. The van der Waals surface area contributed by atoms with Gasteiger partial charge in [0.2, 0.25) is 5.75 Å². The van der Waals surface area contributed by atoms with Crippen molar-refractivity contribution in [3.05, 3.63) is 76.5 Å². The van der Waals surface area contributed by atoms with Crippen molar-refractivity contribution in [2.45, 2.75) is 0 Å². The van der Waals surface area contributed by atoms with Crippen molar-refractivity contribution in [3.63, 3.8) is 0 Å². The van der Waals surface area contributed by atoms with E-state index in [4.69, 9.17) is 4.74 Å². The topological polar surface area (TPSA) is 91.6 Å². The van der Waals surface area contributed by atoms with Gasteiger partial charge in [0.15, 0.2) is 0 Å². The number of rotatable bonds is 5. The number of esters is 1. The normalized spacial score (nSPS) is 10.8. The van der Waals surface area contributed by atoms with Gasteiger partial charge in [-0.3, -0.25) is 15.1 Å². The molecule has 0 aliphatic rings. The average molecular weight is 350 g/mol. The summed E-state index contributed by atoms with van der Waals surface area (Å²) in [6, 6.07) is 13.4. The van der Waals surface area contributed by atoms with Crippen LogP contribution in [-0.4, -0.2) is 23.0 Å². The highest BCUT2D eigenvalue weighted by Gasteiger charge is 2.16. The molecule has 26 heavy (non-hydrogen) atoms. The lowest BCUT2D eigenvalue weighted by atomic mass is 10.1. The van der Waals surface area contributed by atoms with Gasteiger partial charge in [-0.25, -0.2) is 4.79 Å². The van der Waals surface area contributed by atoms with Crippen LogP contribution in [0.4, 0.5) is 5.69 Å². The van der Waals surface area contributed by atoms with E-state index in [1.54, 1.807) is 36.5 Å². The second-order valence-corrected chi connectivity index (χ2v) is 5.30. The van der Waals surface area contributed by atoms with Gasteiger partial charge in [-0.1, -0.05) is 12.1 Å². The summed E-state index contributed by atoms with van der Waals surface area (Å²) in [5.41, 5.74) is 1.08. The highest BCUT2D eigenvalue weighted by Crippen LogP contribution is 2.33. The quantitative estimate of drug-likeness (QED) is 0.297. The van der Waals surface area contributed by atoms with Crippen molar-refractivity contribution in [1.82, 2.24) is 4.98 Å². The summed E-state index contributed by atoms with van der Waals surface area (Å²) in [7, 11) is 1.26. The Morgan fingerprint density at radius 2 is 2.04 bits per heavy atom. The zero-order valence-corrected chi connectivity index (χ0v) is 13.8. The van der Waals surface area contributed by atoms with Crippen LogP contribution in [-0.2, 0) is 9.53 Å².